The predicted octanol–water partition coefficient (Wildman–Crippen LogP) is 4.04. The highest BCUT2D eigenvalue weighted by molar-refractivity contribution is 5.97. The number of halogens is 1. The Labute approximate surface area is 197 Å². The molecule has 3 aromatic rings. The molecule has 1 aromatic heterocycles. The van der Waals surface area contributed by atoms with Crippen LogP contribution < -0.4 is 4.74 Å². The van der Waals surface area contributed by atoms with Gasteiger partial charge in [-0.15, -0.1) is 0 Å². The van der Waals surface area contributed by atoms with Gasteiger partial charge in [0.1, 0.15) is 23.7 Å². The molecular formula is C26H27FN4O3. The Bertz CT molecular complexity index is 1240. The second kappa shape index (κ2) is 8.95. The molecule has 34 heavy (non-hydrogen) atoms. The van der Waals surface area contributed by atoms with Crippen molar-refractivity contribution in [3.8, 4) is 11.4 Å². The van der Waals surface area contributed by atoms with Crippen molar-refractivity contribution in [3.05, 3.63) is 83.7 Å². The van der Waals surface area contributed by atoms with E-state index in [1.807, 2.05) is 48.0 Å². The average molecular weight is 463 g/mol. The molecule has 1 fully saturated rings. The van der Waals surface area contributed by atoms with Crippen molar-refractivity contribution in [2.75, 3.05) is 20.3 Å². The average Bonchev–Trinajstić information content (AvgIpc) is 3.29. The van der Waals surface area contributed by atoms with Crippen LogP contribution in [0.1, 0.15) is 29.7 Å². The van der Waals surface area contributed by atoms with Crippen LogP contribution >= 0.6 is 0 Å². The van der Waals surface area contributed by atoms with E-state index in [1.54, 1.807) is 25.6 Å². The minimum atomic E-state index is -0.811. The Kier molecular flexibility index (Phi) is 5.83. The number of imidazole rings is 1. The summed E-state index contributed by atoms with van der Waals surface area (Å²) in [5, 5.41) is 15.4. The van der Waals surface area contributed by atoms with Crippen LogP contribution in [0.5, 0.6) is 5.75 Å². The Balaban J connectivity index is 1.46. The standard InChI is InChI=1S/C26H27FN4O3/c1-18-15-30(17-28-18)22-11-5-19(14-23(22)33-2)6-12-25-29-34-16-26(20-7-9-21(27)10-8-20)24(32)4-3-13-31(25)26/h5-12,14-15,17,24,32H,3-4,13,16H2,1-2H3. The van der Waals surface area contributed by atoms with Gasteiger partial charge in [0.05, 0.1) is 30.9 Å². The Morgan fingerprint density at radius 2 is 2.03 bits per heavy atom. The van der Waals surface area contributed by atoms with Crippen molar-refractivity contribution in [2.45, 2.75) is 31.4 Å². The number of hydrogen-bond acceptors (Lipinski definition) is 6. The number of oxime groups is 1. The molecule has 2 aliphatic heterocycles. The fourth-order valence-electron chi connectivity index (χ4n) is 4.83. The van der Waals surface area contributed by atoms with Crippen LogP contribution in [0.15, 0.2) is 66.2 Å². The van der Waals surface area contributed by atoms with Gasteiger partial charge in [-0.3, -0.25) is 0 Å². The van der Waals surface area contributed by atoms with Gasteiger partial charge in [0.25, 0.3) is 0 Å². The summed E-state index contributed by atoms with van der Waals surface area (Å²) < 4.78 is 21.1. The smallest absolute Gasteiger partial charge is 0.169 e. The third-order valence-electron chi connectivity index (χ3n) is 6.57. The highest BCUT2D eigenvalue weighted by Gasteiger charge is 2.51. The number of aryl methyl sites for hydroxylation is 1. The number of piperidine rings is 1. The van der Waals surface area contributed by atoms with E-state index < -0.39 is 11.6 Å². The highest BCUT2D eigenvalue weighted by Crippen LogP contribution is 2.41. The number of rotatable bonds is 5. The Morgan fingerprint density at radius 3 is 2.76 bits per heavy atom. The molecule has 2 aromatic carbocycles. The molecule has 8 heteroatoms. The van der Waals surface area contributed by atoms with Gasteiger partial charge in [-0.25, -0.2) is 9.37 Å². The Hall–Kier alpha value is -3.65. The summed E-state index contributed by atoms with van der Waals surface area (Å²) in [6, 6.07) is 12.2. The summed E-state index contributed by atoms with van der Waals surface area (Å²) in [6.07, 6.45) is 8.32. The molecule has 0 aliphatic carbocycles. The first kappa shape index (κ1) is 22.2. The zero-order valence-electron chi connectivity index (χ0n) is 19.2. The van der Waals surface area contributed by atoms with Gasteiger partial charge in [0.15, 0.2) is 5.84 Å². The quantitative estimate of drug-likeness (QED) is 0.620. The van der Waals surface area contributed by atoms with Gasteiger partial charge in [-0.2, -0.15) is 0 Å². The van der Waals surface area contributed by atoms with Gasteiger partial charge >= 0.3 is 0 Å². The van der Waals surface area contributed by atoms with Crippen LogP contribution in [0.4, 0.5) is 4.39 Å². The molecule has 2 aliphatic rings. The summed E-state index contributed by atoms with van der Waals surface area (Å²) in [7, 11) is 1.64. The van der Waals surface area contributed by atoms with E-state index in [0.29, 0.717) is 18.8 Å². The van der Waals surface area contributed by atoms with E-state index in [-0.39, 0.29) is 12.4 Å². The molecule has 0 radical (unpaired) electrons. The van der Waals surface area contributed by atoms with Crippen molar-refractivity contribution in [2.24, 2.45) is 5.16 Å². The van der Waals surface area contributed by atoms with Crippen molar-refractivity contribution < 1.29 is 19.1 Å². The molecule has 5 rings (SSSR count). The van der Waals surface area contributed by atoms with E-state index >= 15 is 0 Å². The van der Waals surface area contributed by atoms with Crippen LogP contribution in [0.3, 0.4) is 0 Å². The molecule has 1 saturated heterocycles. The lowest BCUT2D eigenvalue weighted by molar-refractivity contribution is -0.0993. The second-order valence-electron chi connectivity index (χ2n) is 8.65. The van der Waals surface area contributed by atoms with Gasteiger partial charge < -0.3 is 24.1 Å². The Morgan fingerprint density at radius 1 is 1.21 bits per heavy atom. The number of benzene rings is 2. The van der Waals surface area contributed by atoms with E-state index in [9.17, 15) is 9.50 Å². The lowest BCUT2D eigenvalue weighted by Crippen LogP contribution is -2.63. The molecule has 176 valence electrons. The number of methoxy groups -OCH3 is 1. The number of hydrogen-bond donors (Lipinski definition) is 1. The molecular weight excluding hydrogens is 435 g/mol. The lowest BCUT2D eigenvalue weighted by atomic mass is 9.78. The molecule has 0 saturated carbocycles. The van der Waals surface area contributed by atoms with Crippen molar-refractivity contribution in [1.29, 1.82) is 0 Å². The van der Waals surface area contributed by atoms with Crippen molar-refractivity contribution in [1.82, 2.24) is 14.5 Å². The maximum absolute atomic E-state index is 13.6. The van der Waals surface area contributed by atoms with Crippen molar-refractivity contribution >= 4 is 11.9 Å². The third kappa shape index (κ3) is 3.84. The van der Waals surface area contributed by atoms with E-state index in [2.05, 4.69) is 15.0 Å². The molecule has 1 N–H and O–H groups in total. The van der Waals surface area contributed by atoms with E-state index in [1.165, 1.54) is 12.1 Å². The van der Waals surface area contributed by atoms with Gasteiger partial charge in [0, 0.05) is 12.7 Å². The number of nitrogens with zero attached hydrogens (tertiary/aromatic N) is 4. The summed E-state index contributed by atoms with van der Waals surface area (Å²) >= 11 is 0. The number of aromatic nitrogens is 2. The maximum Gasteiger partial charge on any atom is 0.169 e. The molecule has 3 heterocycles. The van der Waals surface area contributed by atoms with Crippen LogP contribution in [0.25, 0.3) is 11.8 Å². The van der Waals surface area contributed by atoms with E-state index in [4.69, 9.17) is 9.57 Å². The van der Waals surface area contributed by atoms with Gasteiger partial charge in [0.2, 0.25) is 0 Å². The number of aliphatic hydroxyl groups excluding tert-OH is 1. The minimum Gasteiger partial charge on any atom is -0.495 e. The number of amidine groups is 1. The summed E-state index contributed by atoms with van der Waals surface area (Å²) in [5.41, 5.74) is 2.75. The fraction of sp³-hybridized carbons (Fsp3) is 0.308. The van der Waals surface area contributed by atoms with Crippen LogP contribution in [0.2, 0.25) is 0 Å². The first-order chi connectivity index (χ1) is 16.5. The van der Waals surface area contributed by atoms with Gasteiger partial charge in [-0.05, 0) is 61.2 Å². The van der Waals surface area contributed by atoms with E-state index in [0.717, 1.165) is 34.7 Å². The maximum atomic E-state index is 13.6. The largest absolute Gasteiger partial charge is 0.495 e. The lowest BCUT2D eigenvalue weighted by Gasteiger charge is -2.52. The monoisotopic (exact) mass is 462 g/mol. The van der Waals surface area contributed by atoms with Crippen LogP contribution in [-0.2, 0) is 10.4 Å². The number of ether oxygens (including phenoxy) is 1. The zero-order valence-corrected chi connectivity index (χ0v) is 19.2. The highest BCUT2D eigenvalue weighted by atomic mass is 19.1. The molecule has 2 unspecified atom stereocenters. The van der Waals surface area contributed by atoms with Crippen LogP contribution in [0, 0.1) is 12.7 Å². The van der Waals surface area contributed by atoms with Gasteiger partial charge in [-0.1, -0.05) is 29.4 Å². The predicted molar refractivity (Wildman–Crippen MR) is 127 cm³/mol. The SMILES string of the molecule is COc1cc(C=CC2=NOCC3(c4ccc(F)cc4)C(O)CCCN23)ccc1-n1cnc(C)c1. The second-order valence-corrected chi connectivity index (χ2v) is 8.65. The molecule has 2 atom stereocenters. The summed E-state index contributed by atoms with van der Waals surface area (Å²) in [5.74, 6) is 1.02. The molecule has 0 amide bonds. The third-order valence-corrected chi connectivity index (χ3v) is 6.57. The van der Waals surface area contributed by atoms with Crippen LogP contribution in [-0.4, -0.2) is 51.8 Å². The fourth-order valence-corrected chi connectivity index (χ4v) is 4.83. The summed E-state index contributed by atoms with van der Waals surface area (Å²) in [4.78, 5) is 12.0. The first-order valence-electron chi connectivity index (χ1n) is 11.3. The minimum absolute atomic E-state index is 0.198. The van der Waals surface area contributed by atoms with Crippen molar-refractivity contribution in [3.63, 3.8) is 0 Å². The summed E-state index contributed by atoms with van der Waals surface area (Å²) in [6.45, 7) is 2.85. The topological polar surface area (TPSA) is 72.1 Å². The first-order valence-corrected chi connectivity index (χ1v) is 11.3. The number of fused-ring (bicyclic) bond motifs is 1. The molecule has 7 nitrogen and oxygen atoms in total. The number of aliphatic hydroxyl groups is 1. The zero-order chi connectivity index (χ0) is 23.7. The molecule has 0 bridgehead atoms. The normalized spacial score (nSPS) is 22.3. The molecule has 0 spiro atoms.